The van der Waals surface area contributed by atoms with Gasteiger partial charge in [-0.05, 0) is 54.0 Å². The van der Waals surface area contributed by atoms with Crippen LogP contribution < -0.4 is 15.8 Å². The highest BCUT2D eigenvalue weighted by Gasteiger charge is 2.00. The van der Waals surface area contributed by atoms with E-state index in [0.717, 1.165) is 17.0 Å². The summed E-state index contributed by atoms with van der Waals surface area (Å²) in [4.78, 5) is 11.9. The molecule has 23 heavy (non-hydrogen) atoms. The lowest BCUT2D eigenvalue weighted by atomic mass is 10.2. The van der Waals surface area contributed by atoms with Crippen LogP contribution >= 0.6 is 0 Å². The predicted octanol–water partition coefficient (Wildman–Crippen LogP) is 3.96. The first-order chi connectivity index (χ1) is 11.0. The molecule has 0 aliphatic rings. The summed E-state index contributed by atoms with van der Waals surface area (Å²) in [5, 5.41) is 2.81. The van der Waals surface area contributed by atoms with Crippen LogP contribution in [0.15, 0.2) is 54.6 Å². The van der Waals surface area contributed by atoms with Crippen molar-refractivity contribution in [2.24, 2.45) is 5.92 Å². The second-order valence-electron chi connectivity index (χ2n) is 5.72. The predicted molar refractivity (Wildman–Crippen MR) is 95.3 cm³/mol. The van der Waals surface area contributed by atoms with E-state index in [9.17, 15) is 4.79 Å². The zero-order chi connectivity index (χ0) is 16.7. The summed E-state index contributed by atoms with van der Waals surface area (Å²) in [5.74, 6) is 1.10. The molecule has 0 bridgehead atoms. The van der Waals surface area contributed by atoms with Gasteiger partial charge in [-0.2, -0.15) is 0 Å². The third kappa shape index (κ3) is 5.87. The van der Waals surface area contributed by atoms with Crippen molar-refractivity contribution in [1.29, 1.82) is 0 Å². The molecule has 2 aromatic rings. The lowest BCUT2D eigenvalue weighted by Gasteiger charge is -2.09. The average Bonchev–Trinajstić information content (AvgIpc) is 2.53. The smallest absolute Gasteiger partial charge is 0.248 e. The van der Waals surface area contributed by atoms with Gasteiger partial charge in [0.05, 0.1) is 6.61 Å². The summed E-state index contributed by atoms with van der Waals surface area (Å²) in [6.45, 7) is 4.88. The van der Waals surface area contributed by atoms with Gasteiger partial charge in [-0.1, -0.05) is 26.0 Å². The van der Waals surface area contributed by atoms with Crippen LogP contribution in [0.2, 0.25) is 0 Å². The van der Waals surface area contributed by atoms with Crippen molar-refractivity contribution in [3.05, 3.63) is 60.2 Å². The average molecular weight is 310 g/mol. The molecular formula is C19H22N2O2. The van der Waals surface area contributed by atoms with Crippen molar-refractivity contribution >= 4 is 23.4 Å². The molecule has 0 aromatic heterocycles. The zero-order valence-corrected chi connectivity index (χ0v) is 13.5. The Morgan fingerprint density at radius 1 is 1.13 bits per heavy atom. The number of hydrogen-bond donors (Lipinski definition) is 2. The first kappa shape index (κ1) is 16.6. The van der Waals surface area contributed by atoms with E-state index in [-0.39, 0.29) is 5.91 Å². The summed E-state index contributed by atoms with van der Waals surface area (Å²) in [6, 6.07) is 14.7. The fraction of sp³-hybridized carbons (Fsp3) is 0.211. The SMILES string of the molecule is CC(C)COc1ccc(NC(=O)/C=C/c2ccc(N)cc2)cc1. The first-order valence-electron chi connectivity index (χ1n) is 7.60. The number of carbonyl (C=O) groups excluding carboxylic acids is 1. The van der Waals surface area contributed by atoms with Crippen molar-refractivity contribution in [3.8, 4) is 5.75 Å². The number of ether oxygens (including phenoxy) is 1. The Kier molecular flexibility index (Phi) is 5.80. The quantitative estimate of drug-likeness (QED) is 0.627. The second kappa shape index (κ2) is 8.03. The van der Waals surface area contributed by atoms with Crippen LogP contribution in [0.4, 0.5) is 11.4 Å². The molecule has 0 atom stereocenters. The minimum absolute atomic E-state index is 0.183. The highest BCUT2D eigenvalue weighted by Crippen LogP contribution is 2.16. The summed E-state index contributed by atoms with van der Waals surface area (Å²) in [6.07, 6.45) is 3.24. The lowest BCUT2D eigenvalue weighted by molar-refractivity contribution is -0.111. The standard InChI is InChI=1S/C19H22N2O2/c1-14(2)13-23-18-10-8-17(9-11-18)21-19(22)12-5-15-3-6-16(20)7-4-15/h3-12,14H,13,20H2,1-2H3,(H,21,22)/b12-5+. The van der Waals surface area contributed by atoms with Gasteiger partial charge in [0.2, 0.25) is 5.91 Å². The normalized spacial score (nSPS) is 10.9. The van der Waals surface area contributed by atoms with Crippen LogP contribution in [0.5, 0.6) is 5.75 Å². The first-order valence-corrected chi connectivity index (χ1v) is 7.60. The number of nitrogen functional groups attached to an aromatic ring is 1. The minimum Gasteiger partial charge on any atom is -0.493 e. The van der Waals surface area contributed by atoms with E-state index in [1.54, 1.807) is 18.2 Å². The molecule has 2 rings (SSSR count). The lowest BCUT2D eigenvalue weighted by Crippen LogP contribution is -2.08. The number of carbonyl (C=O) groups is 1. The molecule has 2 aromatic carbocycles. The van der Waals surface area contributed by atoms with E-state index in [2.05, 4.69) is 19.2 Å². The van der Waals surface area contributed by atoms with Crippen LogP contribution in [0.25, 0.3) is 6.08 Å². The van der Waals surface area contributed by atoms with Crippen LogP contribution in [0.3, 0.4) is 0 Å². The number of hydrogen-bond acceptors (Lipinski definition) is 3. The monoisotopic (exact) mass is 310 g/mol. The molecule has 0 fully saturated rings. The molecule has 0 spiro atoms. The van der Waals surface area contributed by atoms with E-state index >= 15 is 0 Å². The number of benzene rings is 2. The maximum atomic E-state index is 11.9. The molecule has 0 unspecified atom stereocenters. The third-order valence-electron chi connectivity index (χ3n) is 3.07. The van der Waals surface area contributed by atoms with Crippen LogP contribution in [-0.4, -0.2) is 12.5 Å². The van der Waals surface area contributed by atoms with Gasteiger partial charge in [0, 0.05) is 17.5 Å². The number of anilines is 2. The molecule has 4 nitrogen and oxygen atoms in total. The van der Waals surface area contributed by atoms with E-state index in [4.69, 9.17) is 10.5 Å². The van der Waals surface area contributed by atoms with Crippen molar-refractivity contribution in [1.82, 2.24) is 0 Å². The van der Waals surface area contributed by atoms with Crippen molar-refractivity contribution < 1.29 is 9.53 Å². The van der Waals surface area contributed by atoms with E-state index in [1.807, 2.05) is 36.4 Å². The third-order valence-corrected chi connectivity index (χ3v) is 3.07. The molecule has 120 valence electrons. The maximum absolute atomic E-state index is 11.9. The second-order valence-corrected chi connectivity index (χ2v) is 5.72. The molecular weight excluding hydrogens is 288 g/mol. The van der Waals surface area contributed by atoms with Crippen molar-refractivity contribution in [2.75, 3.05) is 17.7 Å². The highest BCUT2D eigenvalue weighted by atomic mass is 16.5. The van der Waals surface area contributed by atoms with Gasteiger partial charge in [0.1, 0.15) is 5.75 Å². The van der Waals surface area contributed by atoms with Gasteiger partial charge in [-0.15, -0.1) is 0 Å². The molecule has 0 saturated heterocycles. The van der Waals surface area contributed by atoms with Crippen LogP contribution in [0.1, 0.15) is 19.4 Å². The molecule has 4 heteroatoms. The van der Waals surface area contributed by atoms with Crippen LogP contribution in [-0.2, 0) is 4.79 Å². The minimum atomic E-state index is -0.183. The Morgan fingerprint density at radius 2 is 1.78 bits per heavy atom. The zero-order valence-electron chi connectivity index (χ0n) is 13.5. The number of nitrogens with one attached hydrogen (secondary N) is 1. The molecule has 0 aliphatic carbocycles. The summed E-state index contributed by atoms with van der Waals surface area (Å²) < 4.78 is 5.61. The summed E-state index contributed by atoms with van der Waals surface area (Å²) >= 11 is 0. The molecule has 0 aliphatic heterocycles. The Bertz CT molecular complexity index is 659. The largest absolute Gasteiger partial charge is 0.493 e. The van der Waals surface area contributed by atoms with Crippen molar-refractivity contribution in [2.45, 2.75) is 13.8 Å². The summed E-state index contributed by atoms with van der Waals surface area (Å²) in [5.41, 5.74) is 7.98. The molecule has 0 radical (unpaired) electrons. The summed E-state index contributed by atoms with van der Waals surface area (Å²) in [7, 11) is 0. The number of amides is 1. The number of rotatable bonds is 6. The Hall–Kier alpha value is -2.75. The number of nitrogens with two attached hydrogens (primary N) is 1. The van der Waals surface area contributed by atoms with Gasteiger partial charge in [-0.25, -0.2) is 0 Å². The topological polar surface area (TPSA) is 64.3 Å². The fourth-order valence-corrected chi connectivity index (χ4v) is 1.86. The Balaban J connectivity index is 1.88. The van der Waals surface area contributed by atoms with Gasteiger partial charge >= 0.3 is 0 Å². The Morgan fingerprint density at radius 3 is 2.39 bits per heavy atom. The van der Waals surface area contributed by atoms with Gasteiger partial charge in [-0.3, -0.25) is 4.79 Å². The van der Waals surface area contributed by atoms with E-state index in [0.29, 0.717) is 18.2 Å². The van der Waals surface area contributed by atoms with Crippen LogP contribution in [0, 0.1) is 5.92 Å². The van der Waals surface area contributed by atoms with E-state index < -0.39 is 0 Å². The molecule has 3 N–H and O–H groups in total. The fourth-order valence-electron chi connectivity index (χ4n) is 1.86. The van der Waals surface area contributed by atoms with Gasteiger partial charge in [0.25, 0.3) is 0 Å². The van der Waals surface area contributed by atoms with Gasteiger partial charge in [0.15, 0.2) is 0 Å². The maximum Gasteiger partial charge on any atom is 0.248 e. The molecule has 1 amide bonds. The highest BCUT2D eigenvalue weighted by molar-refractivity contribution is 6.01. The van der Waals surface area contributed by atoms with E-state index in [1.165, 1.54) is 6.08 Å². The Labute approximate surface area is 137 Å². The van der Waals surface area contributed by atoms with Gasteiger partial charge < -0.3 is 15.8 Å². The van der Waals surface area contributed by atoms with Crippen molar-refractivity contribution in [3.63, 3.8) is 0 Å². The molecule has 0 heterocycles. The molecule has 0 saturated carbocycles.